The zero-order valence-electron chi connectivity index (χ0n) is 12.7. The van der Waals surface area contributed by atoms with Crippen LogP contribution in [0.15, 0.2) is 24.3 Å². The molecule has 24 heavy (non-hydrogen) atoms. The lowest BCUT2D eigenvalue weighted by molar-refractivity contribution is -0.384. The molecule has 1 saturated carbocycles. The molecule has 1 amide bonds. The van der Waals surface area contributed by atoms with Gasteiger partial charge in [-0.15, -0.1) is 12.4 Å². The molecule has 2 fully saturated rings. The maximum absolute atomic E-state index is 14.4. The number of hydrogen-bond donors (Lipinski definition) is 1. The molecule has 6 nitrogen and oxygen atoms in total. The van der Waals surface area contributed by atoms with Crippen LogP contribution in [0.1, 0.15) is 18.4 Å². The molecule has 1 aromatic rings. The fourth-order valence-electron chi connectivity index (χ4n) is 3.59. The van der Waals surface area contributed by atoms with Crippen molar-refractivity contribution >= 4 is 24.0 Å². The maximum atomic E-state index is 14.4. The molecule has 2 N–H and O–H groups in total. The Hall–Kier alpha value is -1.80. The van der Waals surface area contributed by atoms with Crippen molar-refractivity contribution in [3.8, 4) is 0 Å². The number of carbonyl (C=O) groups is 1. The average Bonchev–Trinajstić information content (AvgIpc) is 3.09. The molecule has 1 aliphatic heterocycles. The summed E-state index contributed by atoms with van der Waals surface area (Å²) in [5.74, 6) is -4.67. The Balaban J connectivity index is 0.00000208. The Bertz CT molecular complexity index is 641. The zero-order valence-corrected chi connectivity index (χ0v) is 13.5. The quantitative estimate of drug-likeness (QED) is 0.660. The van der Waals surface area contributed by atoms with Crippen molar-refractivity contribution in [3.63, 3.8) is 0 Å². The molecule has 3 atom stereocenters. The van der Waals surface area contributed by atoms with E-state index in [-0.39, 0.29) is 42.5 Å². The molecule has 0 spiro atoms. The van der Waals surface area contributed by atoms with Gasteiger partial charge in [-0.25, -0.2) is 0 Å². The summed E-state index contributed by atoms with van der Waals surface area (Å²) in [4.78, 5) is 23.3. The van der Waals surface area contributed by atoms with E-state index in [0.29, 0.717) is 6.54 Å². The second kappa shape index (κ2) is 6.60. The highest BCUT2D eigenvalue weighted by molar-refractivity contribution is 5.85. The van der Waals surface area contributed by atoms with E-state index in [9.17, 15) is 23.7 Å². The van der Waals surface area contributed by atoms with Crippen molar-refractivity contribution < 1.29 is 18.5 Å². The van der Waals surface area contributed by atoms with Crippen LogP contribution in [-0.2, 0) is 10.7 Å². The first-order chi connectivity index (χ1) is 10.8. The molecule has 9 heteroatoms. The highest BCUT2D eigenvalue weighted by atomic mass is 35.5. The first kappa shape index (κ1) is 18.5. The smallest absolute Gasteiger partial charge is 0.337 e. The summed E-state index contributed by atoms with van der Waals surface area (Å²) in [5, 5.41) is 10.6. The fraction of sp³-hybridized carbons (Fsp3) is 0.533. The van der Waals surface area contributed by atoms with Crippen molar-refractivity contribution in [2.75, 3.05) is 13.1 Å². The number of rotatable bonds is 3. The van der Waals surface area contributed by atoms with Gasteiger partial charge in [0.25, 0.3) is 11.6 Å². The number of non-ortho nitro benzene ring substituents is 1. The van der Waals surface area contributed by atoms with Gasteiger partial charge in [-0.2, -0.15) is 8.78 Å². The van der Waals surface area contributed by atoms with Gasteiger partial charge in [0.05, 0.1) is 4.92 Å². The van der Waals surface area contributed by atoms with Crippen molar-refractivity contribution in [3.05, 3.63) is 39.9 Å². The van der Waals surface area contributed by atoms with E-state index in [1.165, 1.54) is 4.90 Å². The van der Waals surface area contributed by atoms with Crippen molar-refractivity contribution in [1.29, 1.82) is 0 Å². The SMILES string of the molecule is Cl.NC1CCC2CN(C(=O)C(F)(F)c3ccc([N+](=O)[O-])cc3)CC12. The van der Waals surface area contributed by atoms with E-state index in [0.717, 1.165) is 37.1 Å². The molecule has 0 aromatic heterocycles. The fourth-order valence-corrected chi connectivity index (χ4v) is 3.59. The number of hydrogen-bond acceptors (Lipinski definition) is 4. The largest absolute Gasteiger partial charge is 0.349 e. The molecular formula is C15H18ClF2N3O3. The van der Waals surface area contributed by atoms with E-state index >= 15 is 0 Å². The minimum absolute atomic E-state index is 0. The van der Waals surface area contributed by atoms with Crippen LogP contribution in [-0.4, -0.2) is 34.9 Å². The van der Waals surface area contributed by atoms with Gasteiger partial charge in [0.2, 0.25) is 0 Å². The molecule has 1 saturated heterocycles. The lowest BCUT2D eigenvalue weighted by Crippen LogP contribution is -2.42. The van der Waals surface area contributed by atoms with Gasteiger partial charge in [0.1, 0.15) is 0 Å². The number of amides is 1. The van der Waals surface area contributed by atoms with Crippen LogP contribution >= 0.6 is 12.4 Å². The monoisotopic (exact) mass is 361 g/mol. The average molecular weight is 362 g/mol. The number of fused-ring (bicyclic) bond motifs is 1. The Kier molecular flexibility index (Phi) is 5.10. The van der Waals surface area contributed by atoms with Crippen LogP contribution in [0.4, 0.5) is 14.5 Å². The van der Waals surface area contributed by atoms with Crippen LogP contribution < -0.4 is 5.73 Å². The van der Waals surface area contributed by atoms with E-state index in [1.54, 1.807) is 0 Å². The van der Waals surface area contributed by atoms with Gasteiger partial charge < -0.3 is 10.6 Å². The van der Waals surface area contributed by atoms with Gasteiger partial charge in [-0.05, 0) is 36.8 Å². The number of halogens is 3. The van der Waals surface area contributed by atoms with Gasteiger partial charge in [-0.3, -0.25) is 14.9 Å². The molecule has 1 aromatic carbocycles. The summed E-state index contributed by atoms with van der Waals surface area (Å²) in [6.45, 7) is 0.563. The van der Waals surface area contributed by atoms with Crippen LogP contribution in [0, 0.1) is 22.0 Å². The molecule has 2 aliphatic rings. The van der Waals surface area contributed by atoms with Gasteiger partial charge >= 0.3 is 5.92 Å². The van der Waals surface area contributed by atoms with E-state index in [4.69, 9.17) is 5.73 Å². The van der Waals surface area contributed by atoms with Gasteiger partial charge in [0, 0.05) is 36.8 Å². The van der Waals surface area contributed by atoms with Crippen LogP contribution in [0.2, 0.25) is 0 Å². The van der Waals surface area contributed by atoms with E-state index in [1.807, 2.05) is 0 Å². The number of nitro benzene ring substituents is 1. The normalized spacial score (nSPS) is 26.0. The number of nitrogens with two attached hydrogens (primary N) is 1. The molecule has 3 unspecified atom stereocenters. The highest BCUT2D eigenvalue weighted by Gasteiger charge is 2.50. The number of alkyl halides is 2. The zero-order chi connectivity index (χ0) is 16.8. The summed E-state index contributed by atoms with van der Waals surface area (Å²) < 4.78 is 28.8. The van der Waals surface area contributed by atoms with E-state index < -0.39 is 22.3 Å². The number of carbonyl (C=O) groups excluding carboxylic acids is 1. The Morgan fingerprint density at radius 2 is 1.88 bits per heavy atom. The number of nitrogens with zero attached hydrogens (tertiary/aromatic N) is 2. The topological polar surface area (TPSA) is 89.5 Å². The lowest BCUT2D eigenvalue weighted by atomic mass is 9.98. The molecule has 0 bridgehead atoms. The molecule has 1 heterocycles. The predicted molar refractivity (Wildman–Crippen MR) is 85.0 cm³/mol. The summed E-state index contributed by atoms with van der Waals surface area (Å²) in [7, 11) is 0. The predicted octanol–water partition coefficient (Wildman–Crippen LogP) is 2.30. The maximum Gasteiger partial charge on any atom is 0.349 e. The Morgan fingerprint density at radius 1 is 1.25 bits per heavy atom. The molecule has 1 aliphatic carbocycles. The van der Waals surface area contributed by atoms with E-state index in [2.05, 4.69) is 0 Å². The Labute approximate surface area is 143 Å². The minimum atomic E-state index is -3.70. The van der Waals surface area contributed by atoms with Crippen LogP contribution in [0.25, 0.3) is 0 Å². The molecular weight excluding hydrogens is 344 g/mol. The number of benzene rings is 1. The molecule has 0 radical (unpaired) electrons. The summed E-state index contributed by atoms with van der Waals surface area (Å²) in [5.41, 5.74) is 5.13. The summed E-state index contributed by atoms with van der Waals surface area (Å²) in [6.07, 6.45) is 1.73. The molecule has 3 rings (SSSR count). The Morgan fingerprint density at radius 3 is 2.42 bits per heavy atom. The van der Waals surface area contributed by atoms with Crippen LogP contribution in [0.5, 0.6) is 0 Å². The highest BCUT2D eigenvalue weighted by Crippen LogP contribution is 2.40. The van der Waals surface area contributed by atoms with Crippen molar-refractivity contribution in [1.82, 2.24) is 4.90 Å². The number of nitro groups is 1. The number of likely N-dealkylation sites (tertiary alicyclic amines) is 1. The standard InChI is InChI=1S/C15H17F2N3O3.ClH/c16-15(17,10-2-4-11(5-3-10)20(22)23)14(21)19-7-9-1-6-13(18)12(9)8-19;/h2-5,9,12-13H,1,6-8,18H2;1H. The second-order valence-electron chi connectivity index (χ2n) is 6.25. The third kappa shape index (κ3) is 3.08. The molecule has 132 valence electrons. The van der Waals surface area contributed by atoms with Crippen LogP contribution in [0.3, 0.4) is 0 Å². The second-order valence-corrected chi connectivity index (χ2v) is 6.25. The lowest BCUT2D eigenvalue weighted by Gasteiger charge is -2.24. The first-order valence-electron chi connectivity index (χ1n) is 7.48. The van der Waals surface area contributed by atoms with Gasteiger partial charge in [0.15, 0.2) is 0 Å². The van der Waals surface area contributed by atoms with Crippen molar-refractivity contribution in [2.45, 2.75) is 24.8 Å². The third-order valence-electron chi connectivity index (χ3n) is 4.91. The summed E-state index contributed by atoms with van der Waals surface area (Å²) >= 11 is 0. The first-order valence-corrected chi connectivity index (χ1v) is 7.48. The summed E-state index contributed by atoms with van der Waals surface area (Å²) in [6, 6.07) is 3.78. The van der Waals surface area contributed by atoms with Crippen molar-refractivity contribution in [2.24, 2.45) is 17.6 Å². The van der Waals surface area contributed by atoms with Gasteiger partial charge in [-0.1, -0.05) is 0 Å². The minimum Gasteiger partial charge on any atom is -0.337 e. The third-order valence-corrected chi connectivity index (χ3v) is 4.91.